The van der Waals surface area contributed by atoms with Gasteiger partial charge in [0.25, 0.3) is 5.91 Å². The largest absolute Gasteiger partial charge is 0.322 e. The first-order valence-electron chi connectivity index (χ1n) is 8.31. The Labute approximate surface area is 155 Å². The minimum Gasteiger partial charge on any atom is -0.322 e. The van der Waals surface area contributed by atoms with E-state index < -0.39 is 0 Å². The number of hydrogen-bond acceptors (Lipinski definition) is 4. The quantitative estimate of drug-likeness (QED) is 0.545. The third-order valence-corrected chi connectivity index (χ3v) is 5.24. The Balaban J connectivity index is 1.65. The molecular weight excluding hydrogens is 342 g/mol. The van der Waals surface area contributed by atoms with Crippen LogP contribution in [0.25, 0.3) is 20.9 Å². The van der Waals surface area contributed by atoms with Crippen molar-refractivity contribution in [3.63, 3.8) is 0 Å². The highest BCUT2D eigenvalue weighted by molar-refractivity contribution is 7.21. The van der Waals surface area contributed by atoms with E-state index in [1.54, 1.807) is 17.5 Å². The van der Waals surface area contributed by atoms with Crippen LogP contribution in [0, 0.1) is 13.8 Å². The molecule has 2 aromatic heterocycles. The molecule has 0 radical (unpaired) electrons. The molecule has 0 fully saturated rings. The summed E-state index contributed by atoms with van der Waals surface area (Å²) in [6.45, 7) is 3.98. The number of carbonyl (C=O) groups is 1. The number of thiazole rings is 1. The summed E-state index contributed by atoms with van der Waals surface area (Å²) in [7, 11) is 0. The lowest BCUT2D eigenvalue weighted by molar-refractivity contribution is 0.102. The van der Waals surface area contributed by atoms with Gasteiger partial charge in [-0.25, -0.2) is 9.97 Å². The van der Waals surface area contributed by atoms with Crippen LogP contribution < -0.4 is 5.32 Å². The van der Waals surface area contributed by atoms with Crippen LogP contribution in [0.5, 0.6) is 0 Å². The van der Waals surface area contributed by atoms with E-state index in [1.807, 2.05) is 68.4 Å². The van der Waals surface area contributed by atoms with Gasteiger partial charge in [-0.1, -0.05) is 41.2 Å². The van der Waals surface area contributed by atoms with E-state index >= 15 is 0 Å². The highest BCUT2D eigenvalue weighted by atomic mass is 32.1. The van der Waals surface area contributed by atoms with Gasteiger partial charge in [0.05, 0.1) is 0 Å². The molecule has 26 heavy (non-hydrogen) atoms. The Morgan fingerprint density at radius 3 is 2.62 bits per heavy atom. The number of benzene rings is 2. The number of nitrogens with zero attached hydrogens (tertiary/aromatic N) is 2. The second-order valence-corrected chi connectivity index (χ2v) is 7.17. The average Bonchev–Trinajstić information content (AvgIpc) is 3.08. The molecular formula is C21H17N3OS. The van der Waals surface area contributed by atoms with Crippen molar-refractivity contribution in [2.75, 3.05) is 5.32 Å². The molecule has 1 N–H and O–H groups in total. The summed E-state index contributed by atoms with van der Waals surface area (Å²) in [6, 6.07) is 17.4. The number of rotatable bonds is 3. The molecule has 0 saturated heterocycles. The van der Waals surface area contributed by atoms with Gasteiger partial charge in [-0.3, -0.25) is 4.79 Å². The second kappa shape index (κ2) is 6.69. The van der Waals surface area contributed by atoms with Crippen molar-refractivity contribution in [1.82, 2.24) is 9.97 Å². The minimum atomic E-state index is -0.115. The number of aryl methyl sites for hydroxylation is 2. The van der Waals surface area contributed by atoms with E-state index in [0.29, 0.717) is 5.56 Å². The Morgan fingerprint density at radius 1 is 1.04 bits per heavy atom. The van der Waals surface area contributed by atoms with Gasteiger partial charge < -0.3 is 5.32 Å². The molecule has 0 saturated carbocycles. The number of anilines is 1. The van der Waals surface area contributed by atoms with Gasteiger partial charge in [-0.05, 0) is 49.7 Å². The van der Waals surface area contributed by atoms with Crippen molar-refractivity contribution in [3.05, 3.63) is 77.5 Å². The average molecular weight is 359 g/mol. The Morgan fingerprint density at radius 2 is 1.85 bits per heavy atom. The van der Waals surface area contributed by atoms with Crippen LogP contribution in [0.4, 0.5) is 5.69 Å². The molecule has 4 aromatic rings. The lowest BCUT2D eigenvalue weighted by Gasteiger charge is -2.10. The number of pyridine rings is 1. The van der Waals surface area contributed by atoms with Crippen LogP contribution in [-0.2, 0) is 0 Å². The third-order valence-electron chi connectivity index (χ3n) is 4.21. The third kappa shape index (κ3) is 3.21. The smallest absolute Gasteiger partial charge is 0.255 e. The van der Waals surface area contributed by atoms with Crippen molar-refractivity contribution in [3.8, 4) is 10.6 Å². The monoisotopic (exact) mass is 359 g/mol. The van der Waals surface area contributed by atoms with E-state index in [0.717, 1.165) is 37.7 Å². The molecule has 0 bridgehead atoms. The lowest BCUT2D eigenvalue weighted by atomic mass is 10.1. The first-order chi connectivity index (χ1) is 12.6. The maximum absolute atomic E-state index is 12.5. The van der Waals surface area contributed by atoms with Gasteiger partial charge in [-0.15, -0.1) is 0 Å². The maximum Gasteiger partial charge on any atom is 0.255 e. The highest BCUT2D eigenvalue weighted by Gasteiger charge is 2.11. The first kappa shape index (κ1) is 16.4. The van der Waals surface area contributed by atoms with Crippen molar-refractivity contribution < 1.29 is 4.79 Å². The summed E-state index contributed by atoms with van der Waals surface area (Å²) in [5, 5.41) is 3.91. The Bertz CT molecular complexity index is 1070. The molecule has 5 heteroatoms. The molecule has 0 aliphatic rings. The van der Waals surface area contributed by atoms with Crippen molar-refractivity contribution in [2.24, 2.45) is 0 Å². The van der Waals surface area contributed by atoms with Crippen LogP contribution in [0.15, 0.2) is 60.8 Å². The van der Waals surface area contributed by atoms with Crippen LogP contribution in [0.3, 0.4) is 0 Å². The molecule has 128 valence electrons. The highest BCUT2D eigenvalue weighted by Crippen LogP contribution is 2.31. The SMILES string of the molecule is Cc1ccc(C(=O)Nc2cc(-c3nc4cccnc4s3)ccc2C)cc1. The fourth-order valence-electron chi connectivity index (χ4n) is 2.68. The summed E-state index contributed by atoms with van der Waals surface area (Å²) in [5.74, 6) is -0.115. The summed E-state index contributed by atoms with van der Waals surface area (Å²) >= 11 is 1.55. The zero-order valence-corrected chi connectivity index (χ0v) is 15.3. The van der Waals surface area contributed by atoms with E-state index in [1.165, 1.54) is 0 Å². The first-order valence-corrected chi connectivity index (χ1v) is 9.12. The number of amides is 1. The van der Waals surface area contributed by atoms with Crippen molar-refractivity contribution in [2.45, 2.75) is 13.8 Å². The van der Waals surface area contributed by atoms with Gasteiger partial charge in [0, 0.05) is 23.0 Å². The zero-order valence-electron chi connectivity index (χ0n) is 14.5. The summed E-state index contributed by atoms with van der Waals surface area (Å²) in [4.78, 5) is 22.4. The molecule has 1 amide bonds. The number of hydrogen-bond donors (Lipinski definition) is 1. The van der Waals surface area contributed by atoms with Crippen molar-refractivity contribution in [1.29, 1.82) is 0 Å². The van der Waals surface area contributed by atoms with E-state index in [2.05, 4.69) is 15.3 Å². The zero-order chi connectivity index (χ0) is 18.1. The van der Waals surface area contributed by atoms with Crippen molar-refractivity contribution >= 4 is 33.3 Å². The fourth-order valence-corrected chi connectivity index (χ4v) is 3.59. The van der Waals surface area contributed by atoms with Gasteiger partial charge in [0.15, 0.2) is 0 Å². The van der Waals surface area contributed by atoms with Crippen LogP contribution in [0.2, 0.25) is 0 Å². The number of nitrogens with one attached hydrogen (secondary N) is 1. The maximum atomic E-state index is 12.5. The van der Waals surface area contributed by atoms with Gasteiger partial charge in [-0.2, -0.15) is 0 Å². The number of fused-ring (bicyclic) bond motifs is 1. The van der Waals surface area contributed by atoms with Crippen LogP contribution >= 0.6 is 11.3 Å². The molecule has 2 aromatic carbocycles. The summed E-state index contributed by atoms with van der Waals surface area (Å²) in [6.07, 6.45) is 1.77. The normalized spacial score (nSPS) is 10.8. The topological polar surface area (TPSA) is 54.9 Å². The van der Waals surface area contributed by atoms with Gasteiger partial charge >= 0.3 is 0 Å². The Hall–Kier alpha value is -3.05. The lowest BCUT2D eigenvalue weighted by Crippen LogP contribution is -2.12. The van der Waals surface area contributed by atoms with E-state index in [9.17, 15) is 4.79 Å². The number of carbonyl (C=O) groups excluding carboxylic acids is 1. The van der Waals surface area contributed by atoms with E-state index in [-0.39, 0.29) is 5.91 Å². The molecule has 2 heterocycles. The minimum absolute atomic E-state index is 0.115. The number of aromatic nitrogens is 2. The van der Waals surface area contributed by atoms with E-state index in [4.69, 9.17) is 0 Å². The fraction of sp³-hybridized carbons (Fsp3) is 0.0952. The second-order valence-electron chi connectivity index (χ2n) is 6.20. The molecule has 4 nitrogen and oxygen atoms in total. The molecule has 4 rings (SSSR count). The molecule has 0 spiro atoms. The van der Waals surface area contributed by atoms with Crippen LogP contribution in [0.1, 0.15) is 21.5 Å². The standard InChI is InChI=1S/C21H17N3OS/c1-13-5-8-15(9-6-13)19(25)23-18-12-16(10-7-14(18)2)20-24-17-4-3-11-22-21(17)26-20/h3-12H,1-2H3,(H,23,25). The molecule has 0 atom stereocenters. The predicted octanol–water partition coefficient (Wildman–Crippen LogP) is 5.23. The summed E-state index contributed by atoms with van der Waals surface area (Å²) in [5.41, 5.74) is 5.43. The molecule has 0 aliphatic carbocycles. The summed E-state index contributed by atoms with van der Waals surface area (Å²) < 4.78 is 0. The van der Waals surface area contributed by atoms with Gasteiger partial charge in [0.2, 0.25) is 0 Å². The Kier molecular flexibility index (Phi) is 4.22. The molecule has 0 unspecified atom stereocenters. The molecule has 0 aliphatic heterocycles. The van der Waals surface area contributed by atoms with Crippen LogP contribution in [-0.4, -0.2) is 15.9 Å². The predicted molar refractivity (Wildman–Crippen MR) is 107 cm³/mol. The van der Waals surface area contributed by atoms with Gasteiger partial charge in [0.1, 0.15) is 15.4 Å².